The highest BCUT2D eigenvalue weighted by Crippen LogP contribution is 2.24. The number of benzene rings is 1. The molecule has 0 bridgehead atoms. The molecule has 3 heterocycles. The van der Waals surface area contributed by atoms with Gasteiger partial charge in [-0.15, -0.1) is 0 Å². The van der Waals surface area contributed by atoms with Gasteiger partial charge in [-0.25, -0.2) is 0 Å². The van der Waals surface area contributed by atoms with Crippen molar-refractivity contribution < 1.29 is 18.5 Å². The van der Waals surface area contributed by atoms with E-state index in [4.69, 9.17) is 8.94 Å². The van der Waals surface area contributed by atoms with Crippen molar-refractivity contribution in [2.45, 2.75) is 39.2 Å². The molecule has 1 aliphatic rings. The summed E-state index contributed by atoms with van der Waals surface area (Å²) in [6, 6.07) is 11.4. The van der Waals surface area contributed by atoms with Gasteiger partial charge in [-0.05, 0) is 50.2 Å². The fourth-order valence-corrected chi connectivity index (χ4v) is 4.17. The van der Waals surface area contributed by atoms with Gasteiger partial charge in [0.15, 0.2) is 5.76 Å². The molecule has 9 heteroatoms. The van der Waals surface area contributed by atoms with Crippen LogP contribution in [0.1, 0.15) is 37.6 Å². The summed E-state index contributed by atoms with van der Waals surface area (Å²) in [6.45, 7) is 5.00. The van der Waals surface area contributed by atoms with Crippen LogP contribution in [0.25, 0.3) is 11.6 Å². The first-order valence-electron chi connectivity index (χ1n) is 11.7. The molecule has 180 valence electrons. The van der Waals surface area contributed by atoms with Gasteiger partial charge in [0.05, 0.1) is 6.26 Å². The summed E-state index contributed by atoms with van der Waals surface area (Å²) in [6.07, 6.45) is 3.93. The molecule has 0 fully saturated rings. The summed E-state index contributed by atoms with van der Waals surface area (Å²) in [7, 11) is 2.05. The van der Waals surface area contributed by atoms with E-state index in [9.17, 15) is 9.59 Å². The molecule has 3 aromatic rings. The molecule has 0 unspecified atom stereocenters. The Morgan fingerprint density at radius 2 is 1.91 bits per heavy atom. The summed E-state index contributed by atoms with van der Waals surface area (Å²) in [4.78, 5) is 35.8. The van der Waals surface area contributed by atoms with Crippen LogP contribution < -0.4 is 4.90 Å². The Morgan fingerprint density at radius 1 is 1.06 bits per heavy atom. The first-order chi connectivity index (χ1) is 16.5. The van der Waals surface area contributed by atoms with Crippen molar-refractivity contribution in [3.8, 4) is 11.6 Å². The van der Waals surface area contributed by atoms with Gasteiger partial charge in [0.2, 0.25) is 23.5 Å². The normalized spacial score (nSPS) is 15.6. The maximum atomic E-state index is 13.2. The Hall–Kier alpha value is -3.46. The molecule has 0 N–H and O–H groups in total. The number of likely N-dealkylation sites (N-methyl/N-ethyl adjacent to an activating group) is 1. The lowest BCUT2D eigenvalue weighted by molar-refractivity contribution is -0.132. The number of hydrogen-bond acceptors (Lipinski definition) is 7. The highest BCUT2D eigenvalue weighted by Gasteiger charge is 2.21. The van der Waals surface area contributed by atoms with Crippen molar-refractivity contribution in [2.24, 2.45) is 0 Å². The lowest BCUT2D eigenvalue weighted by Crippen LogP contribution is -2.37. The van der Waals surface area contributed by atoms with E-state index in [2.05, 4.69) is 22.1 Å². The molecule has 0 saturated carbocycles. The van der Waals surface area contributed by atoms with E-state index in [1.807, 2.05) is 34.1 Å². The monoisotopic (exact) mass is 465 g/mol. The molecule has 0 radical (unpaired) electrons. The number of para-hydroxylation sites is 1. The van der Waals surface area contributed by atoms with Gasteiger partial charge < -0.3 is 23.6 Å². The summed E-state index contributed by atoms with van der Waals surface area (Å²) in [5, 5.41) is 3.94. The van der Waals surface area contributed by atoms with Crippen LogP contribution in [0.15, 0.2) is 51.6 Å². The van der Waals surface area contributed by atoms with Crippen LogP contribution in [0.3, 0.4) is 0 Å². The summed E-state index contributed by atoms with van der Waals surface area (Å²) in [5.74, 6) is 1.53. The van der Waals surface area contributed by atoms with Crippen molar-refractivity contribution in [3.05, 3.63) is 54.1 Å². The molecule has 0 atom stereocenters. The Labute approximate surface area is 199 Å². The Balaban J connectivity index is 1.43. The molecule has 9 nitrogen and oxygen atoms in total. The highest BCUT2D eigenvalue weighted by atomic mass is 16.5. The Morgan fingerprint density at radius 3 is 2.71 bits per heavy atom. The number of nitrogens with zero attached hydrogens (tertiary/aromatic N) is 5. The topological polar surface area (TPSA) is 95.9 Å². The third kappa shape index (κ3) is 5.91. The number of amides is 2. The van der Waals surface area contributed by atoms with E-state index in [-0.39, 0.29) is 11.8 Å². The Bertz CT molecular complexity index is 1090. The molecule has 0 spiro atoms. The van der Waals surface area contributed by atoms with Crippen LogP contribution in [0.5, 0.6) is 0 Å². The van der Waals surface area contributed by atoms with Crippen molar-refractivity contribution >= 4 is 17.5 Å². The minimum atomic E-state index is 0.0145. The highest BCUT2D eigenvalue weighted by molar-refractivity contribution is 5.92. The summed E-state index contributed by atoms with van der Waals surface area (Å²) in [5.41, 5.74) is 1.87. The van der Waals surface area contributed by atoms with Gasteiger partial charge in [0.25, 0.3) is 0 Å². The molecule has 34 heavy (non-hydrogen) atoms. The van der Waals surface area contributed by atoms with Crippen LogP contribution in [0.2, 0.25) is 0 Å². The van der Waals surface area contributed by atoms with E-state index in [0.717, 1.165) is 30.8 Å². The zero-order valence-corrected chi connectivity index (χ0v) is 19.8. The zero-order valence-electron chi connectivity index (χ0n) is 19.8. The van der Waals surface area contributed by atoms with E-state index < -0.39 is 0 Å². The minimum Gasteiger partial charge on any atom is -0.461 e. The van der Waals surface area contributed by atoms with Crippen molar-refractivity contribution in [2.75, 3.05) is 38.1 Å². The van der Waals surface area contributed by atoms with E-state index >= 15 is 0 Å². The smallest absolute Gasteiger partial charge is 0.238 e. The molecule has 1 aromatic carbocycles. The van der Waals surface area contributed by atoms with Gasteiger partial charge in [0.1, 0.15) is 0 Å². The fraction of sp³-hybridized carbons (Fsp3) is 0.440. The average molecular weight is 466 g/mol. The number of fused-ring (bicyclic) bond motifs is 1. The van der Waals surface area contributed by atoms with Gasteiger partial charge in [-0.1, -0.05) is 23.4 Å². The number of carbonyl (C=O) groups is 2. The number of rotatable bonds is 5. The van der Waals surface area contributed by atoms with E-state index in [0.29, 0.717) is 56.4 Å². The number of furan rings is 1. The number of hydrogen-bond donors (Lipinski definition) is 0. The largest absolute Gasteiger partial charge is 0.461 e. The lowest BCUT2D eigenvalue weighted by Gasteiger charge is -2.27. The van der Waals surface area contributed by atoms with Crippen molar-refractivity contribution in [3.63, 3.8) is 0 Å². The summed E-state index contributed by atoms with van der Waals surface area (Å²) >= 11 is 0. The third-order valence-electron chi connectivity index (χ3n) is 6.04. The average Bonchev–Trinajstić information content (AvgIpc) is 3.51. The molecule has 4 rings (SSSR count). The second-order valence-electron chi connectivity index (χ2n) is 8.61. The minimum absolute atomic E-state index is 0.0145. The maximum Gasteiger partial charge on any atom is 0.238 e. The van der Waals surface area contributed by atoms with Crippen LogP contribution in [-0.4, -0.2) is 65.0 Å². The summed E-state index contributed by atoms with van der Waals surface area (Å²) < 4.78 is 10.6. The van der Waals surface area contributed by atoms with Crippen molar-refractivity contribution in [1.29, 1.82) is 0 Å². The first-order valence-corrected chi connectivity index (χ1v) is 11.7. The van der Waals surface area contributed by atoms with Crippen LogP contribution >= 0.6 is 0 Å². The second kappa shape index (κ2) is 11.1. The predicted molar refractivity (Wildman–Crippen MR) is 127 cm³/mol. The first kappa shape index (κ1) is 23.7. The molecule has 2 amide bonds. The van der Waals surface area contributed by atoms with Crippen LogP contribution in [0.4, 0.5) is 5.69 Å². The number of aromatic nitrogens is 2. The maximum absolute atomic E-state index is 13.2. The van der Waals surface area contributed by atoms with Gasteiger partial charge in [-0.3, -0.25) is 9.59 Å². The third-order valence-corrected chi connectivity index (χ3v) is 6.04. The number of carbonyl (C=O) groups excluding carboxylic acids is 2. The zero-order chi connectivity index (χ0) is 23.9. The van der Waals surface area contributed by atoms with E-state index in [1.165, 1.54) is 0 Å². The molecule has 2 aromatic heterocycles. The number of aryl methyl sites for hydroxylation is 1. The molecular weight excluding hydrogens is 434 g/mol. The molecule has 0 aliphatic carbocycles. The van der Waals surface area contributed by atoms with Gasteiger partial charge >= 0.3 is 0 Å². The van der Waals surface area contributed by atoms with Crippen LogP contribution in [-0.2, 0) is 22.6 Å². The van der Waals surface area contributed by atoms with E-state index in [1.54, 1.807) is 25.3 Å². The SMILES string of the molecule is CC(=O)N1CCCN(C)CCN(C(=O)CCCc2nc(-c3ccco3)no2)Cc2ccccc21. The van der Waals surface area contributed by atoms with Crippen LogP contribution in [0, 0.1) is 0 Å². The van der Waals surface area contributed by atoms with Gasteiger partial charge in [0, 0.05) is 51.6 Å². The van der Waals surface area contributed by atoms with Gasteiger partial charge in [-0.2, -0.15) is 4.98 Å². The Kier molecular flexibility index (Phi) is 7.74. The standard InChI is InChI=1S/C25H31N5O4/c1-19(31)30-14-7-13-28(2)15-16-29(18-20-8-3-4-9-21(20)30)24(32)12-5-11-23-26-25(27-34-23)22-10-6-17-33-22/h3-4,6,8-10,17H,5,7,11-16,18H2,1-2H3. The fourth-order valence-electron chi connectivity index (χ4n) is 4.17. The van der Waals surface area contributed by atoms with Crippen molar-refractivity contribution in [1.82, 2.24) is 19.9 Å². The number of anilines is 1. The second-order valence-corrected chi connectivity index (χ2v) is 8.61. The predicted octanol–water partition coefficient (Wildman–Crippen LogP) is 3.37. The molecular formula is C25H31N5O4. The molecule has 1 aliphatic heterocycles. The quantitative estimate of drug-likeness (QED) is 0.570. The lowest BCUT2D eigenvalue weighted by atomic mass is 10.1. The molecule has 0 saturated heterocycles.